The van der Waals surface area contributed by atoms with Crippen molar-refractivity contribution in [3.63, 3.8) is 0 Å². The van der Waals surface area contributed by atoms with E-state index >= 15 is 0 Å². The number of likely N-dealkylation sites (tertiary alicyclic amines) is 1. The molecule has 1 heterocycles. The maximum Gasteiger partial charge on any atom is 0.137 e. The van der Waals surface area contributed by atoms with Crippen molar-refractivity contribution in [2.45, 2.75) is 45.3 Å². The number of hydrogen-bond acceptors (Lipinski definition) is 2. The van der Waals surface area contributed by atoms with Crippen LogP contribution in [0.25, 0.3) is 0 Å². The van der Waals surface area contributed by atoms with Crippen molar-refractivity contribution in [2.75, 3.05) is 26.2 Å². The van der Waals surface area contributed by atoms with Gasteiger partial charge in [-0.05, 0) is 50.3 Å². The van der Waals surface area contributed by atoms with Crippen molar-refractivity contribution >= 4 is 0 Å². The summed E-state index contributed by atoms with van der Waals surface area (Å²) in [5, 5.41) is 10.7. The highest BCUT2D eigenvalue weighted by atomic mass is 35.5. The van der Waals surface area contributed by atoms with Crippen molar-refractivity contribution < 1.29 is 26.7 Å². The van der Waals surface area contributed by atoms with Crippen molar-refractivity contribution in [2.24, 2.45) is 0 Å². The molecule has 2 aromatic rings. The fraction of sp³-hybridized carbons (Fsp3) is 0.478. The summed E-state index contributed by atoms with van der Waals surface area (Å²) in [7, 11) is 0. The molecule has 27 heavy (non-hydrogen) atoms. The third-order valence-corrected chi connectivity index (χ3v) is 5.41. The Hall–Kier alpha value is -1.55. The van der Waals surface area contributed by atoms with Crippen LogP contribution in [0, 0.1) is 6.92 Å². The molecule has 1 saturated heterocycles. The van der Waals surface area contributed by atoms with Crippen LogP contribution in [0.4, 0.5) is 0 Å². The minimum atomic E-state index is -0.447. The molecular weight excluding hydrogens is 358 g/mol. The molecule has 1 fully saturated rings. The van der Waals surface area contributed by atoms with Gasteiger partial charge in [-0.1, -0.05) is 42.5 Å². The van der Waals surface area contributed by atoms with E-state index in [-0.39, 0.29) is 12.4 Å². The normalized spacial score (nSPS) is 17.4. The predicted molar refractivity (Wildman–Crippen MR) is 106 cm³/mol. The third kappa shape index (κ3) is 6.84. The van der Waals surface area contributed by atoms with Crippen LogP contribution < -0.4 is 17.1 Å². The zero-order valence-corrected chi connectivity index (χ0v) is 17.1. The number of rotatable bonds is 7. The van der Waals surface area contributed by atoms with Gasteiger partial charge in [-0.15, -0.1) is 0 Å². The summed E-state index contributed by atoms with van der Waals surface area (Å²) < 4.78 is 6.83. The van der Waals surface area contributed by atoms with Gasteiger partial charge in [-0.25, -0.2) is 0 Å². The van der Waals surface area contributed by atoms with Crippen molar-refractivity contribution in [3.8, 4) is 5.75 Å². The van der Waals surface area contributed by atoms with E-state index in [1.54, 1.807) is 0 Å². The summed E-state index contributed by atoms with van der Waals surface area (Å²) in [6.07, 6.45) is 4.67. The molecular formula is C23H32ClNO2. The number of aryl methyl sites for hydroxylation is 1. The van der Waals surface area contributed by atoms with Crippen LogP contribution in [0.3, 0.4) is 0 Å². The molecule has 0 amide bonds. The van der Waals surface area contributed by atoms with Crippen LogP contribution in [-0.2, 0) is 6.54 Å². The van der Waals surface area contributed by atoms with Crippen molar-refractivity contribution in [3.05, 3.63) is 65.7 Å². The van der Waals surface area contributed by atoms with E-state index in [1.165, 1.54) is 36.8 Å². The highest BCUT2D eigenvalue weighted by molar-refractivity contribution is 5.27. The lowest BCUT2D eigenvalue weighted by atomic mass is 10.1. The largest absolute Gasteiger partial charge is 1.00 e. The Balaban J connectivity index is 0.00000261. The molecule has 148 valence electrons. The number of ether oxygens (including phenoxy) is 1. The molecule has 1 N–H and O–H groups in total. The zero-order chi connectivity index (χ0) is 18.2. The molecule has 0 spiro atoms. The second-order valence-electron chi connectivity index (χ2n) is 7.81. The van der Waals surface area contributed by atoms with Crippen molar-refractivity contribution in [1.29, 1.82) is 0 Å². The number of nitrogens with zero attached hydrogens (tertiary/aromatic N) is 1. The SMILES string of the molecule is Cc1cccc(OCC(O)C[N+]2(Cc3ccccc3)CCCCCC2)c1.[Cl-]. The summed E-state index contributed by atoms with van der Waals surface area (Å²) in [6.45, 7) is 6.48. The Labute approximate surface area is 170 Å². The molecule has 0 aromatic heterocycles. The quantitative estimate of drug-likeness (QED) is 0.724. The molecule has 2 aromatic carbocycles. The summed E-state index contributed by atoms with van der Waals surface area (Å²) in [5.74, 6) is 0.842. The number of benzene rings is 2. The monoisotopic (exact) mass is 389 g/mol. The average Bonchev–Trinajstić information content (AvgIpc) is 2.86. The van der Waals surface area contributed by atoms with E-state index in [9.17, 15) is 5.11 Å². The molecule has 1 atom stereocenters. The Kier molecular flexibility index (Phi) is 8.62. The lowest BCUT2D eigenvalue weighted by Gasteiger charge is -2.39. The fourth-order valence-electron chi connectivity index (χ4n) is 4.13. The first-order valence-electron chi connectivity index (χ1n) is 9.92. The van der Waals surface area contributed by atoms with Crippen LogP contribution >= 0.6 is 0 Å². The molecule has 0 radical (unpaired) electrons. The fourth-order valence-corrected chi connectivity index (χ4v) is 4.13. The van der Waals surface area contributed by atoms with Crippen molar-refractivity contribution in [1.82, 2.24) is 0 Å². The molecule has 3 nitrogen and oxygen atoms in total. The number of halogens is 1. The van der Waals surface area contributed by atoms with Crippen LogP contribution in [0.1, 0.15) is 36.8 Å². The zero-order valence-electron chi connectivity index (χ0n) is 16.3. The molecule has 0 saturated carbocycles. The molecule has 1 aliphatic rings. The van der Waals surface area contributed by atoms with Crippen LogP contribution in [0.15, 0.2) is 54.6 Å². The molecule has 3 rings (SSSR count). The summed E-state index contributed by atoms with van der Waals surface area (Å²) >= 11 is 0. The standard InChI is InChI=1S/C23H32NO2.ClH/c1-20-10-9-13-23(16-20)26-19-22(25)18-24(14-7-2-3-8-15-24)17-21-11-5-4-6-12-21;/h4-6,9-13,16,22,25H,2-3,7-8,14-15,17-19H2,1H3;1H/q+1;/p-1. The summed E-state index contributed by atoms with van der Waals surface area (Å²) in [5.41, 5.74) is 2.54. The summed E-state index contributed by atoms with van der Waals surface area (Å²) in [6, 6.07) is 18.7. The van der Waals surface area contributed by atoms with Gasteiger partial charge in [0.1, 0.15) is 31.5 Å². The Morgan fingerprint density at radius 3 is 2.33 bits per heavy atom. The van der Waals surface area contributed by atoms with E-state index in [0.29, 0.717) is 6.61 Å². The second-order valence-corrected chi connectivity index (χ2v) is 7.81. The molecule has 0 aliphatic carbocycles. The van der Waals surface area contributed by atoms with Gasteiger partial charge in [0.05, 0.1) is 13.1 Å². The van der Waals surface area contributed by atoms with E-state index in [1.807, 2.05) is 18.2 Å². The molecule has 1 unspecified atom stereocenters. The van der Waals surface area contributed by atoms with Crippen LogP contribution in [-0.4, -0.2) is 41.9 Å². The number of aliphatic hydroxyl groups is 1. The molecule has 0 bridgehead atoms. The van der Waals surface area contributed by atoms with Crippen LogP contribution in [0.2, 0.25) is 0 Å². The number of quaternary nitrogens is 1. The Morgan fingerprint density at radius 2 is 1.67 bits per heavy atom. The second kappa shape index (κ2) is 10.7. The third-order valence-electron chi connectivity index (χ3n) is 5.41. The lowest BCUT2D eigenvalue weighted by Crippen LogP contribution is -3.00. The van der Waals surface area contributed by atoms with Gasteiger partial charge in [-0.3, -0.25) is 0 Å². The predicted octanol–water partition coefficient (Wildman–Crippen LogP) is 1.33. The first-order chi connectivity index (χ1) is 12.7. The Morgan fingerprint density at radius 1 is 0.963 bits per heavy atom. The highest BCUT2D eigenvalue weighted by Gasteiger charge is 2.32. The molecule has 4 heteroatoms. The van der Waals surface area contributed by atoms with Gasteiger partial charge in [-0.2, -0.15) is 0 Å². The number of hydrogen-bond donors (Lipinski definition) is 1. The van der Waals surface area contributed by atoms with E-state index in [0.717, 1.165) is 36.4 Å². The van der Waals surface area contributed by atoms with E-state index < -0.39 is 6.10 Å². The maximum atomic E-state index is 10.7. The van der Waals surface area contributed by atoms with Gasteiger partial charge in [0.15, 0.2) is 0 Å². The van der Waals surface area contributed by atoms with Gasteiger partial charge in [0.25, 0.3) is 0 Å². The minimum Gasteiger partial charge on any atom is -1.00 e. The van der Waals surface area contributed by atoms with Gasteiger partial charge < -0.3 is 26.7 Å². The molecule has 1 aliphatic heterocycles. The van der Waals surface area contributed by atoms with Gasteiger partial charge >= 0.3 is 0 Å². The smallest absolute Gasteiger partial charge is 0.137 e. The maximum absolute atomic E-state index is 10.7. The van der Waals surface area contributed by atoms with Gasteiger partial charge in [0, 0.05) is 5.56 Å². The Bertz CT molecular complexity index is 669. The highest BCUT2D eigenvalue weighted by Crippen LogP contribution is 2.23. The first-order valence-corrected chi connectivity index (χ1v) is 9.92. The minimum absolute atomic E-state index is 0. The average molecular weight is 390 g/mol. The van der Waals surface area contributed by atoms with Gasteiger partial charge in [0.2, 0.25) is 0 Å². The number of aliphatic hydroxyl groups excluding tert-OH is 1. The lowest BCUT2D eigenvalue weighted by molar-refractivity contribution is -0.942. The van der Waals surface area contributed by atoms with E-state index in [2.05, 4.69) is 43.3 Å². The first kappa shape index (κ1) is 21.7. The topological polar surface area (TPSA) is 29.5 Å². The summed E-state index contributed by atoms with van der Waals surface area (Å²) in [4.78, 5) is 0. The van der Waals surface area contributed by atoms with E-state index in [4.69, 9.17) is 4.74 Å². The van der Waals surface area contributed by atoms with Crippen LogP contribution in [0.5, 0.6) is 5.75 Å².